The van der Waals surface area contributed by atoms with Gasteiger partial charge in [-0.15, -0.1) is 0 Å². The number of piperidine rings is 2. The monoisotopic (exact) mass is 233 g/mol. The SMILES string of the molecule is N#C[C@@H]1CCCN1C(=O)[C@H]1NC2CCC1CC2. The lowest BCUT2D eigenvalue weighted by molar-refractivity contribution is -0.137. The maximum atomic E-state index is 12.5. The first kappa shape index (κ1) is 11.0. The van der Waals surface area contributed by atoms with Gasteiger partial charge in [-0.1, -0.05) is 0 Å². The quantitative estimate of drug-likeness (QED) is 0.736. The van der Waals surface area contributed by atoms with Gasteiger partial charge in [-0.25, -0.2) is 0 Å². The van der Waals surface area contributed by atoms with Crippen LogP contribution in [-0.2, 0) is 4.79 Å². The van der Waals surface area contributed by atoms with E-state index >= 15 is 0 Å². The van der Waals surface area contributed by atoms with Gasteiger partial charge in [0.25, 0.3) is 0 Å². The number of hydrogen-bond donors (Lipinski definition) is 1. The molecule has 3 heterocycles. The van der Waals surface area contributed by atoms with E-state index in [2.05, 4.69) is 11.4 Å². The average Bonchev–Trinajstić information content (AvgIpc) is 2.87. The average molecular weight is 233 g/mol. The normalized spacial score (nSPS) is 40.3. The molecule has 0 aromatic rings. The van der Waals surface area contributed by atoms with Gasteiger partial charge in [0.1, 0.15) is 6.04 Å². The Labute approximate surface area is 102 Å². The molecule has 4 fully saturated rings. The smallest absolute Gasteiger partial charge is 0.241 e. The molecule has 3 aliphatic heterocycles. The molecule has 0 aromatic carbocycles. The van der Waals surface area contributed by atoms with Crippen LogP contribution in [0, 0.1) is 17.2 Å². The number of hydrogen-bond acceptors (Lipinski definition) is 3. The van der Waals surface area contributed by atoms with Gasteiger partial charge in [0.2, 0.25) is 5.91 Å². The summed E-state index contributed by atoms with van der Waals surface area (Å²) >= 11 is 0. The number of nitrogens with zero attached hydrogens (tertiary/aromatic N) is 2. The molecule has 4 heteroatoms. The molecule has 4 aliphatic rings. The molecule has 2 bridgehead atoms. The molecule has 4 rings (SSSR count). The van der Waals surface area contributed by atoms with Crippen LogP contribution in [0.5, 0.6) is 0 Å². The van der Waals surface area contributed by atoms with Crippen LogP contribution in [-0.4, -0.2) is 35.5 Å². The Bertz CT molecular complexity index is 354. The van der Waals surface area contributed by atoms with Crippen molar-refractivity contribution in [1.82, 2.24) is 10.2 Å². The van der Waals surface area contributed by atoms with Crippen LogP contribution in [0.3, 0.4) is 0 Å². The molecule has 1 amide bonds. The van der Waals surface area contributed by atoms with Gasteiger partial charge < -0.3 is 10.2 Å². The lowest BCUT2D eigenvalue weighted by Crippen LogP contribution is -2.59. The Morgan fingerprint density at radius 3 is 2.59 bits per heavy atom. The summed E-state index contributed by atoms with van der Waals surface area (Å²) in [5, 5.41) is 12.5. The molecule has 1 N–H and O–H groups in total. The molecular weight excluding hydrogens is 214 g/mol. The van der Waals surface area contributed by atoms with Gasteiger partial charge in [0.05, 0.1) is 12.1 Å². The van der Waals surface area contributed by atoms with Gasteiger partial charge >= 0.3 is 0 Å². The maximum absolute atomic E-state index is 12.5. The number of nitrogens with one attached hydrogen (secondary N) is 1. The Hall–Kier alpha value is -1.08. The lowest BCUT2D eigenvalue weighted by Gasteiger charge is -2.44. The molecular formula is C13H19N3O. The van der Waals surface area contributed by atoms with E-state index in [-0.39, 0.29) is 18.0 Å². The third-order valence-corrected chi connectivity index (χ3v) is 4.61. The van der Waals surface area contributed by atoms with Gasteiger partial charge in [-0.2, -0.15) is 5.26 Å². The molecule has 2 atom stereocenters. The Balaban J connectivity index is 1.72. The van der Waals surface area contributed by atoms with Crippen molar-refractivity contribution in [2.75, 3.05) is 6.54 Å². The van der Waals surface area contributed by atoms with Crippen molar-refractivity contribution in [1.29, 1.82) is 5.26 Å². The molecule has 0 radical (unpaired) electrons. The van der Waals surface area contributed by atoms with E-state index in [1.165, 1.54) is 25.7 Å². The number of carbonyl (C=O) groups is 1. The summed E-state index contributed by atoms with van der Waals surface area (Å²) in [6.07, 6.45) is 6.62. The van der Waals surface area contributed by atoms with Crippen molar-refractivity contribution in [3.8, 4) is 6.07 Å². The highest BCUT2D eigenvalue weighted by Crippen LogP contribution is 2.34. The number of rotatable bonds is 1. The molecule has 17 heavy (non-hydrogen) atoms. The van der Waals surface area contributed by atoms with Crippen molar-refractivity contribution in [2.24, 2.45) is 5.92 Å². The molecule has 1 saturated carbocycles. The van der Waals surface area contributed by atoms with Crippen molar-refractivity contribution >= 4 is 5.91 Å². The second-order valence-electron chi connectivity index (χ2n) is 5.57. The first-order valence-corrected chi connectivity index (χ1v) is 6.76. The Kier molecular flexibility index (Phi) is 2.79. The number of nitriles is 1. The fourth-order valence-corrected chi connectivity index (χ4v) is 3.63. The number of amides is 1. The fraction of sp³-hybridized carbons (Fsp3) is 0.846. The van der Waals surface area contributed by atoms with Crippen LogP contribution < -0.4 is 5.32 Å². The highest BCUT2D eigenvalue weighted by atomic mass is 16.2. The summed E-state index contributed by atoms with van der Waals surface area (Å²) in [6.45, 7) is 0.770. The third-order valence-electron chi connectivity index (χ3n) is 4.61. The predicted molar refractivity (Wildman–Crippen MR) is 63.0 cm³/mol. The van der Waals surface area contributed by atoms with Crippen LogP contribution in [0.15, 0.2) is 0 Å². The van der Waals surface area contributed by atoms with E-state index in [1.54, 1.807) is 4.90 Å². The molecule has 92 valence electrons. The van der Waals surface area contributed by atoms with E-state index < -0.39 is 0 Å². The Morgan fingerprint density at radius 1 is 1.24 bits per heavy atom. The molecule has 0 aromatic heterocycles. The van der Waals surface area contributed by atoms with Crippen molar-refractivity contribution in [3.63, 3.8) is 0 Å². The van der Waals surface area contributed by atoms with E-state index in [0.717, 1.165) is 19.4 Å². The van der Waals surface area contributed by atoms with Crippen molar-refractivity contribution < 1.29 is 4.79 Å². The van der Waals surface area contributed by atoms with Crippen molar-refractivity contribution in [3.05, 3.63) is 0 Å². The summed E-state index contributed by atoms with van der Waals surface area (Å²) < 4.78 is 0. The van der Waals surface area contributed by atoms with Crippen LogP contribution in [0.4, 0.5) is 0 Å². The standard InChI is InChI=1S/C13H19N3O/c14-8-11-2-1-7-16(11)13(17)12-9-3-5-10(15-12)6-4-9/h9-12,15H,1-7H2/t9?,10?,11-,12-/m0/s1. The number of likely N-dealkylation sites (tertiary alicyclic amines) is 1. The summed E-state index contributed by atoms with van der Waals surface area (Å²) in [4.78, 5) is 14.3. The topological polar surface area (TPSA) is 56.1 Å². The summed E-state index contributed by atoms with van der Waals surface area (Å²) in [6, 6.07) is 2.61. The summed E-state index contributed by atoms with van der Waals surface area (Å²) in [5.74, 6) is 0.691. The summed E-state index contributed by atoms with van der Waals surface area (Å²) in [5.41, 5.74) is 0. The molecule has 0 unspecified atom stereocenters. The number of carbonyl (C=O) groups excluding carboxylic acids is 1. The van der Waals surface area contributed by atoms with Crippen LogP contribution >= 0.6 is 0 Å². The van der Waals surface area contributed by atoms with E-state index in [1.807, 2.05) is 0 Å². The first-order valence-electron chi connectivity index (χ1n) is 6.76. The van der Waals surface area contributed by atoms with E-state index in [9.17, 15) is 4.79 Å². The summed E-state index contributed by atoms with van der Waals surface area (Å²) in [7, 11) is 0. The van der Waals surface area contributed by atoms with Gasteiger partial charge in [0, 0.05) is 12.6 Å². The molecule has 1 aliphatic carbocycles. The van der Waals surface area contributed by atoms with E-state index in [4.69, 9.17) is 5.26 Å². The highest BCUT2D eigenvalue weighted by Gasteiger charge is 2.42. The molecule has 3 saturated heterocycles. The Morgan fingerprint density at radius 2 is 2.00 bits per heavy atom. The third kappa shape index (κ3) is 1.83. The zero-order valence-corrected chi connectivity index (χ0v) is 10.1. The minimum atomic E-state index is -0.176. The molecule has 0 spiro atoms. The lowest BCUT2D eigenvalue weighted by atomic mass is 9.76. The van der Waals surface area contributed by atoms with Crippen LogP contribution in [0.2, 0.25) is 0 Å². The highest BCUT2D eigenvalue weighted by molar-refractivity contribution is 5.83. The molecule has 4 nitrogen and oxygen atoms in total. The second-order valence-corrected chi connectivity index (χ2v) is 5.57. The predicted octanol–water partition coefficient (Wildman–Crippen LogP) is 1.03. The van der Waals surface area contributed by atoms with Gasteiger partial charge in [-0.05, 0) is 44.4 Å². The van der Waals surface area contributed by atoms with Crippen LogP contribution in [0.1, 0.15) is 38.5 Å². The second kappa shape index (κ2) is 4.30. The van der Waals surface area contributed by atoms with Crippen molar-refractivity contribution in [2.45, 2.75) is 56.7 Å². The first-order chi connectivity index (χ1) is 8.29. The zero-order chi connectivity index (χ0) is 11.8. The van der Waals surface area contributed by atoms with Gasteiger partial charge in [0.15, 0.2) is 0 Å². The minimum absolute atomic E-state index is 0.00329. The number of fused-ring (bicyclic) bond motifs is 3. The largest absolute Gasteiger partial charge is 0.325 e. The minimum Gasteiger partial charge on any atom is -0.325 e. The maximum Gasteiger partial charge on any atom is 0.241 e. The zero-order valence-electron chi connectivity index (χ0n) is 10.1. The van der Waals surface area contributed by atoms with E-state index in [0.29, 0.717) is 12.0 Å². The van der Waals surface area contributed by atoms with Gasteiger partial charge in [-0.3, -0.25) is 4.79 Å². The van der Waals surface area contributed by atoms with Crippen LogP contribution in [0.25, 0.3) is 0 Å². The fourth-order valence-electron chi connectivity index (χ4n) is 3.63.